The molecule has 2 saturated carbocycles. The highest BCUT2D eigenvalue weighted by Gasteiger charge is 2.29. The first kappa shape index (κ1) is 14.4. The summed E-state index contributed by atoms with van der Waals surface area (Å²) in [6, 6.07) is 8.69. The lowest BCUT2D eigenvalue weighted by Crippen LogP contribution is -2.33. The van der Waals surface area contributed by atoms with Crippen molar-refractivity contribution in [3.8, 4) is 0 Å². The standard InChI is InChI=1S/C18H26N2O/c1-12-6-9-17(13(2)10-12)19-15-4-3-5-16(11-15)20-18(21)14-7-8-14/h3-5,11-14,17,19H,6-10H2,1-2H3,(H,20,21). The van der Waals surface area contributed by atoms with Crippen LogP contribution in [-0.2, 0) is 4.79 Å². The van der Waals surface area contributed by atoms with Gasteiger partial charge in [0.1, 0.15) is 0 Å². The minimum atomic E-state index is 0.173. The van der Waals surface area contributed by atoms with E-state index in [4.69, 9.17) is 0 Å². The Hall–Kier alpha value is -1.51. The van der Waals surface area contributed by atoms with Crippen molar-refractivity contribution in [3.63, 3.8) is 0 Å². The molecule has 3 unspecified atom stereocenters. The van der Waals surface area contributed by atoms with Crippen LogP contribution in [0.1, 0.15) is 46.0 Å². The first-order valence-electron chi connectivity index (χ1n) is 8.29. The maximum absolute atomic E-state index is 11.8. The number of hydrogen-bond acceptors (Lipinski definition) is 2. The molecule has 3 rings (SSSR count). The van der Waals surface area contributed by atoms with Crippen molar-refractivity contribution < 1.29 is 4.79 Å². The Morgan fingerprint density at radius 2 is 1.86 bits per heavy atom. The van der Waals surface area contributed by atoms with Crippen LogP contribution in [0.5, 0.6) is 0 Å². The van der Waals surface area contributed by atoms with E-state index in [1.54, 1.807) is 0 Å². The largest absolute Gasteiger partial charge is 0.382 e. The highest BCUT2D eigenvalue weighted by Crippen LogP contribution is 2.32. The number of carbonyl (C=O) groups is 1. The monoisotopic (exact) mass is 286 g/mol. The van der Waals surface area contributed by atoms with Gasteiger partial charge in [-0.05, 0) is 62.1 Å². The zero-order chi connectivity index (χ0) is 14.8. The molecule has 0 radical (unpaired) electrons. The molecule has 0 spiro atoms. The molecule has 1 aromatic carbocycles. The Balaban J connectivity index is 1.61. The third-order valence-electron chi connectivity index (χ3n) is 4.86. The summed E-state index contributed by atoms with van der Waals surface area (Å²) in [5.41, 5.74) is 2.03. The van der Waals surface area contributed by atoms with Crippen LogP contribution in [0.2, 0.25) is 0 Å². The Morgan fingerprint density at radius 1 is 1.10 bits per heavy atom. The third kappa shape index (κ3) is 3.78. The number of rotatable bonds is 4. The van der Waals surface area contributed by atoms with Crippen LogP contribution in [0, 0.1) is 17.8 Å². The maximum Gasteiger partial charge on any atom is 0.227 e. The van der Waals surface area contributed by atoms with Crippen molar-refractivity contribution in [2.24, 2.45) is 17.8 Å². The van der Waals surface area contributed by atoms with E-state index in [1.807, 2.05) is 12.1 Å². The number of nitrogens with one attached hydrogen (secondary N) is 2. The van der Waals surface area contributed by atoms with Gasteiger partial charge in [0.25, 0.3) is 0 Å². The van der Waals surface area contributed by atoms with E-state index in [9.17, 15) is 4.79 Å². The predicted octanol–water partition coefficient (Wildman–Crippen LogP) is 4.27. The summed E-state index contributed by atoms with van der Waals surface area (Å²) in [5.74, 6) is 1.98. The van der Waals surface area contributed by atoms with Crippen LogP contribution in [0.25, 0.3) is 0 Å². The molecule has 2 fully saturated rings. The second-order valence-corrected chi connectivity index (χ2v) is 6.99. The van der Waals surface area contributed by atoms with Gasteiger partial charge in [-0.25, -0.2) is 0 Å². The van der Waals surface area contributed by atoms with E-state index in [1.165, 1.54) is 19.3 Å². The summed E-state index contributed by atoms with van der Waals surface area (Å²) in [5, 5.41) is 6.68. The first-order valence-corrected chi connectivity index (χ1v) is 8.29. The predicted molar refractivity (Wildman–Crippen MR) is 87.4 cm³/mol. The Morgan fingerprint density at radius 3 is 2.57 bits per heavy atom. The number of hydrogen-bond donors (Lipinski definition) is 2. The number of anilines is 2. The van der Waals surface area contributed by atoms with E-state index < -0.39 is 0 Å². The average Bonchev–Trinajstić information content (AvgIpc) is 3.27. The van der Waals surface area contributed by atoms with Gasteiger partial charge in [-0.3, -0.25) is 4.79 Å². The highest BCUT2D eigenvalue weighted by molar-refractivity contribution is 5.94. The Labute approximate surface area is 127 Å². The van der Waals surface area contributed by atoms with Crippen molar-refractivity contribution in [2.75, 3.05) is 10.6 Å². The highest BCUT2D eigenvalue weighted by atomic mass is 16.2. The molecule has 3 atom stereocenters. The summed E-state index contributed by atoms with van der Waals surface area (Å²) < 4.78 is 0. The molecule has 2 N–H and O–H groups in total. The van der Waals surface area contributed by atoms with Crippen LogP contribution in [0.3, 0.4) is 0 Å². The van der Waals surface area contributed by atoms with Crippen LogP contribution in [-0.4, -0.2) is 11.9 Å². The van der Waals surface area contributed by atoms with Gasteiger partial charge >= 0.3 is 0 Å². The van der Waals surface area contributed by atoms with E-state index in [-0.39, 0.29) is 11.8 Å². The summed E-state index contributed by atoms with van der Waals surface area (Å²) >= 11 is 0. The van der Waals surface area contributed by atoms with Crippen molar-refractivity contribution in [1.29, 1.82) is 0 Å². The van der Waals surface area contributed by atoms with Gasteiger partial charge < -0.3 is 10.6 Å². The summed E-state index contributed by atoms with van der Waals surface area (Å²) in [4.78, 5) is 11.8. The van der Waals surface area contributed by atoms with Gasteiger partial charge in [0.15, 0.2) is 0 Å². The quantitative estimate of drug-likeness (QED) is 0.867. The molecular formula is C18H26N2O. The van der Waals surface area contributed by atoms with Crippen molar-refractivity contribution >= 4 is 17.3 Å². The SMILES string of the molecule is CC1CCC(Nc2cccc(NC(=O)C3CC3)c2)C(C)C1. The molecule has 2 aliphatic rings. The third-order valence-corrected chi connectivity index (χ3v) is 4.86. The minimum Gasteiger partial charge on any atom is -0.382 e. The number of carbonyl (C=O) groups excluding carboxylic acids is 1. The molecule has 21 heavy (non-hydrogen) atoms. The molecule has 0 aliphatic heterocycles. The number of benzene rings is 1. The summed E-state index contributed by atoms with van der Waals surface area (Å²) in [7, 11) is 0. The molecule has 0 aromatic heterocycles. The zero-order valence-corrected chi connectivity index (χ0v) is 13.1. The molecule has 114 valence electrons. The van der Waals surface area contributed by atoms with E-state index in [0.29, 0.717) is 12.0 Å². The second-order valence-electron chi connectivity index (χ2n) is 6.99. The van der Waals surface area contributed by atoms with Crippen LogP contribution in [0.4, 0.5) is 11.4 Å². The summed E-state index contributed by atoms with van der Waals surface area (Å²) in [6.07, 6.45) is 5.93. The molecular weight excluding hydrogens is 260 g/mol. The second kappa shape index (κ2) is 6.08. The summed E-state index contributed by atoms with van der Waals surface area (Å²) in [6.45, 7) is 4.69. The van der Waals surface area contributed by atoms with E-state index in [0.717, 1.165) is 30.1 Å². The molecule has 0 saturated heterocycles. The molecule has 3 nitrogen and oxygen atoms in total. The lowest BCUT2D eigenvalue weighted by atomic mass is 9.80. The Kier molecular flexibility index (Phi) is 4.18. The van der Waals surface area contributed by atoms with Crippen molar-refractivity contribution in [1.82, 2.24) is 0 Å². The van der Waals surface area contributed by atoms with Gasteiger partial charge in [-0.2, -0.15) is 0 Å². The zero-order valence-electron chi connectivity index (χ0n) is 13.1. The lowest BCUT2D eigenvalue weighted by Gasteiger charge is -2.34. The smallest absolute Gasteiger partial charge is 0.227 e. The fourth-order valence-electron chi connectivity index (χ4n) is 3.37. The van der Waals surface area contributed by atoms with Crippen LogP contribution < -0.4 is 10.6 Å². The molecule has 3 heteroatoms. The number of amides is 1. The van der Waals surface area contributed by atoms with E-state index in [2.05, 4.69) is 36.6 Å². The Bertz CT molecular complexity index is 510. The first-order chi connectivity index (χ1) is 10.1. The molecule has 1 aromatic rings. The van der Waals surface area contributed by atoms with Gasteiger partial charge in [-0.15, -0.1) is 0 Å². The fourth-order valence-corrected chi connectivity index (χ4v) is 3.37. The van der Waals surface area contributed by atoms with Gasteiger partial charge in [0, 0.05) is 23.3 Å². The van der Waals surface area contributed by atoms with Crippen molar-refractivity contribution in [2.45, 2.75) is 52.0 Å². The van der Waals surface area contributed by atoms with Gasteiger partial charge in [-0.1, -0.05) is 19.9 Å². The molecule has 1 amide bonds. The average molecular weight is 286 g/mol. The van der Waals surface area contributed by atoms with Crippen LogP contribution >= 0.6 is 0 Å². The maximum atomic E-state index is 11.8. The molecule has 0 heterocycles. The van der Waals surface area contributed by atoms with E-state index >= 15 is 0 Å². The van der Waals surface area contributed by atoms with Gasteiger partial charge in [0.2, 0.25) is 5.91 Å². The van der Waals surface area contributed by atoms with Crippen LogP contribution in [0.15, 0.2) is 24.3 Å². The van der Waals surface area contributed by atoms with Gasteiger partial charge in [0.05, 0.1) is 0 Å². The minimum absolute atomic E-state index is 0.173. The topological polar surface area (TPSA) is 41.1 Å². The molecule has 0 bridgehead atoms. The molecule has 2 aliphatic carbocycles. The lowest BCUT2D eigenvalue weighted by molar-refractivity contribution is -0.117. The van der Waals surface area contributed by atoms with Crippen molar-refractivity contribution in [3.05, 3.63) is 24.3 Å². The normalized spacial score (nSPS) is 29.0. The fraction of sp³-hybridized carbons (Fsp3) is 0.611.